The van der Waals surface area contributed by atoms with Crippen LogP contribution in [0.25, 0.3) is 0 Å². The molecular weight excluding hydrogens is 336 g/mol. The van der Waals surface area contributed by atoms with E-state index >= 15 is 0 Å². The Morgan fingerprint density at radius 2 is 1.92 bits per heavy atom. The van der Waals surface area contributed by atoms with Gasteiger partial charge in [0.05, 0.1) is 23.1 Å². The van der Waals surface area contributed by atoms with E-state index in [1.165, 1.54) is 24.3 Å². The lowest BCUT2D eigenvalue weighted by atomic mass is 9.91. The van der Waals surface area contributed by atoms with Gasteiger partial charge in [0.2, 0.25) is 0 Å². The van der Waals surface area contributed by atoms with Crippen LogP contribution in [0.3, 0.4) is 0 Å². The van der Waals surface area contributed by atoms with Crippen molar-refractivity contribution < 1.29 is 14.5 Å². The molecule has 8 nitrogen and oxygen atoms in total. The summed E-state index contributed by atoms with van der Waals surface area (Å²) in [7, 11) is 0. The van der Waals surface area contributed by atoms with Crippen LogP contribution in [-0.4, -0.2) is 21.8 Å². The van der Waals surface area contributed by atoms with E-state index in [4.69, 9.17) is 5.26 Å². The predicted molar refractivity (Wildman–Crippen MR) is 90.7 cm³/mol. The standard InChI is InChI=1S/C18H14N4O4/c1-18(14-4-2-3-13(9-14)10-19)16(23)21(17(24)20-18)11-12-5-7-15(8-6-12)22(25)26/h2-9H,11H2,1H3,(H,20,24). The van der Waals surface area contributed by atoms with Crippen LogP contribution < -0.4 is 5.32 Å². The molecule has 1 atom stereocenters. The summed E-state index contributed by atoms with van der Waals surface area (Å²) >= 11 is 0. The van der Waals surface area contributed by atoms with Crippen molar-refractivity contribution in [1.82, 2.24) is 10.2 Å². The van der Waals surface area contributed by atoms with E-state index in [9.17, 15) is 19.7 Å². The number of carbonyl (C=O) groups excluding carboxylic acids is 2. The van der Waals surface area contributed by atoms with Crippen molar-refractivity contribution >= 4 is 17.6 Å². The first kappa shape index (κ1) is 17.1. The number of amides is 3. The predicted octanol–water partition coefficient (Wildman–Crippen LogP) is 2.43. The molecular formula is C18H14N4O4. The molecule has 1 N–H and O–H groups in total. The molecule has 1 aliphatic rings. The Balaban J connectivity index is 1.86. The number of imide groups is 1. The number of benzene rings is 2. The van der Waals surface area contributed by atoms with Gasteiger partial charge in [0.25, 0.3) is 11.6 Å². The second-order valence-electron chi connectivity index (χ2n) is 6.06. The quantitative estimate of drug-likeness (QED) is 0.516. The number of hydrogen-bond acceptors (Lipinski definition) is 5. The summed E-state index contributed by atoms with van der Waals surface area (Å²) in [6.07, 6.45) is 0. The molecule has 0 saturated carbocycles. The van der Waals surface area contributed by atoms with Gasteiger partial charge >= 0.3 is 6.03 Å². The number of nitrogens with zero attached hydrogens (tertiary/aromatic N) is 3. The fourth-order valence-electron chi connectivity index (χ4n) is 2.84. The first-order valence-electron chi connectivity index (χ1n) is 7.73. The zero-order chi connectivity index (χ0) is 18.9. The van der Waals surface area contributed by atoms with Crippen molar-refractivity contribution in [3.8, 4) is 6.07 Å². The summed E-state index contributed by atoms with van der Waals surface area (Å²) in [4.78, 5) is 36.4. The largest absolute Gasteiger partial charge is 0.325 e. The van der Waals surface area contributed by atoms with Crippen LogP contribution in [-0.2, 0) is 16.9 Å². The molecule has 1 heterocycles. The first-order valence-corrected chi connectivity index (χ1v) is 7.73. The van der Waals surface area contributed by atoms with Crippen LogP contribution in [0.1, 0.15) is 23.6 Å². The molecule has 1 unspecified atom stereocenters. The number of nitro groups is 1. The lowest BCUT2D eigenvalue weighted by molar-refractivity contribution is -0.384. The average molecular weight is 350 g/mol. The van der Waals surface area contributed by atoms with E-state index in [2.05, 4.69) is 5.32 Å². The van der Waals surface area contributed by atoms with Gasteiger partial charge in [0.15, 0.2) is 0 Å². The second-order valence-corrected chi connectivity index (χ2v) is 6.06. The zero-order valence-electron chi connectivity index (χ0n) is 13.8. The van der Waals surface area contributed by atoms with E-state index < -0.39 is 22.4 Å². The number of carbonyl (C=O) groups is 2. The number of rotatable bonds is 4. The van der Waals surface area contributed by atoms with Gasteiger partial charge in [-0.15, -0.1) is 0 Å². The summed E-state index contributed by atoms with van der Waals surface area (Å²) in [5, 5.41) is 22.4. The second kappa shape index (κ2) is 6.29. The van der Waals surface area contributed by atoms with Gasteiger partial charge in [-0.1, -0.05) is 24.3 Å². The lowest BCUT2D eigenvalue weighted by Gasteiger charge is -2.22. The molecule has 2 aromatic rings. The SMILES string of the molecule is CC1(c2cccc(C#N)c2)NC(=O)N(Cc2ccc([N+](=O)[O-])cc2)C1=O. The lowest BCUT2D eigenvalue weighted by Crippen LogP contribution is -2.40. The van der Waals surface area contributed by atoms with Crippen molar-refractivity contribution in [2.45, 2.75) is 19.0 Å². The van der Waals surface area contributed by atoms with Gasteiger partial charge in [-0.2, -0.15) is 5.26 Å². The number of nitrogens with one attached hydrogen (secondary N) is 1. The van der Waals surface area contributed by atoms with E-state index in [1.807, 2.05) is 6.07 Å². The van der Waals surface area contributed by atoms with E-state index in [-0.39, 0.29) is 12.2 Å². The summed E-state index contributed by atoms with van der Waals surface area (Å²) in [6, 6.07) is 13.6. The van der Waals surface area contributed by atoms with Crippen molar-refractivity contribution in [2.24, 2.45) is 0 Å². The molecule has 1 aliphatic heterocycles. The Hall–Kier alpha value is -3.73. The Kier molecular flexibility index (Phi) is 4.14. The van der Waals surface area contributed by atoms with Crippen molar-refractivity contribution in [2.75, 3.05) is 0 Å². The third-order valence-corrected chi connectivity index (χ3v) is 4.33. The van der Waals surface area contributed by atoms with Crippen LogP contribution in [0.2, 0.25) is 0 Å². The number of urea groups is 1. The van der Waals surface area contributed by atoms with Crippen molar-refractivity contribution in [3.05, 3.63) is 75.3 Å². The normalized spacial score (nSPS) is 19.2. The molecule has 1 fully saturated rings. The minimum absolute atomic E-state index is 0.00378. The van der Waals surface area contributed by atoms with Gasteiger partial charge in [-0.25, -0.2) is 4.79 Å². The number of hydrogen-bond donors (Lipinski definition) is 1. The fraction of sp³-hybridized carbons (Fsp3) is 0.167. The Bertz CT molecular complexity index is 948. The fourth-order valence-corrected chi connectivity index (χ4v) is 2.84. The molecule has 0 aromatic heterocycles. The van der Waals surface area contributed by atoms with Crippen LogP contribution in [0.4, 0.5) is 10.5 Å². The maximum absolute atomic E-state index is 12.9. The van der Waals surface area contributed by atoms with Gasteiger partial charge in [-0.3, -0.25) is 19.8 Å². The molecule has 1 saturated heterocycles. The van der Waals surface area contributed by atoms with Gasteiger partial charge < -0.3 is 5.32 Å². The molecule has 26 heavy (non-hydrogen) atoms. The molecule has 0 spiro atoms. The smallest absolute Gasteiger partial charge is 0.319 e. The van der Waals surface area contributed by atoms with Crippen LogP contribution in [0, 0.1) is 21.4 Å². The third kappa shape index (κ3) is 2.86. The minimum atomic E-state index is -1.27. The highest BCUT2D eigenvalue weighted by Crippen LogP contribution is 2.30. The summed E-state index contributed by atoms with van der Waals surface area (Å²) in [5.41, 5.74) is 0.156. The molecule has 2 aromatic carbocycles. The van der Waals surface area contributed by atoms with Crippen LogP contribution in [0.5, 0.6) is 0 Å². The van der Waals surface area contributed by atoms with E-state index in [1.54, 1.807) is 31.2 Å². The molecule has 0 bridgehead atoms. The Morgan fingerprint density at radius 1 is 1.23 bits per heavy atom. The number of nitro benzene ring substituents is 1. The van der Waals surface area contributed by atoms with E-state index in [0.717, 1.165) is 4.90 Å². The van der Waals surface area contributed by atoms with Crippen molar-refractivity contribution in [3.63, 3.8) is 0 Å². The van der Waals surface area contributed by atoms with E-state index in [0.29, 0.717) is 16.7 Å². The van der Waals surface area contributed by atoms with Crippen LogP contribution >= 0.6 is 0 Å². The van der Waals surface area contributed by atoms with Gasteiger partial charge in [0, 0.05) is 12.1 Å². The molecule has 0 aliphatic carbocycles. The van der Waals surface area contributed by atoms with Gasteiger partial charge in [-0.05, 0) is 30.2 Å². The maximum atomic E-state index is 12.9. The highest BCUT2D eigenvalue weighted by molar-refractivity contribution is 6.07. The summed E-state index contributed by atoms with van der Waals surface area (Å²) in [5.74, 6) is -0.448. The monoisotopic (exact) mass is 350 g/mol. The average Bonchev–Trinajstić information content (AvgIpc) is 2.86. The summed E-state index contributed by atoms with van der Waals surface area (Å²) < 4.78 is 0. The maximum Gasteiger partial charge on any atom is 0.325 e. The summed E-state index contributed by atoms with van der Waals surface area (Å²) in [6.45, 7) is 1.58. The Morgan fingerprint density at radius 3 is 2.54 bits per heavy atom. The number of nitriles is 1. The Labute approximate surface area is 148 Å². The molecule has 130 valence electrons. The minimum Gasteiger partial charge on any atom is -0.319 e. The number of non-ortho nitro benzene ring substituents is 1. The molecule has 8 heteroatoms. The third-order valence-electron chi connectivity index (χ3n) is 4.33. The zero-order valence-corrected chi connectivity index (χ0v) is 13.8. The first-order chi connectivity index (χ1) is 12.3. The topological polar surface area (TPSA) is 116 Å². The highest BCUT2D eigenvalue weighted by Gasteiger charge is 2.48. The van der Waals surface area contributed by atoms with Gasteiger partial charge in [0.1, 0.15) is 5.54 Å². The van der Waals surface area contributed by atoms with Crippen molar-refractivity contribution in [1.29, 1.82) is 5.26 Å². The van der Waals surface area contributed by atoms with Crippen LogP contribution in [0.15, 0.2) is 48.5 Å². The molecule has 3 amide bonds. The highest BCUT2D eigenvalue weighted by atomic mass is 16.6. The molecule has 3 rings (SSSR count). The molecule has 0 radical (unpaired) electrons.